The second-order valence-electron chi connectivity index (χ2n) is 8.41. The van der Waals surface area contributed by atoms with Crippen molar-refractivity contribution in [3.8, 4) is 0 Å². The molecule has 5 nitrogen and oxygen atoms in total. The van der Waals surface area contributed by atoms with Crippen LogP contribution < -0.4 is 0 Å². The van der Waals surface area contributed by atoms with Crippen LogP contribution in [0.2, 0.25) is 0 Å². The van der Waals surface area contributed by atoms with E-state index in [9.17, 15) is 9.59 Å². The normalized spacial score (nSPS) is 46.2. The Labute approximate surface area is 142 Å². The summed E-state index contributed by atoms with van der Waals surface area (Å²) in [7, 11) is 0. The quantitative estimate of drug-likeness (QED) is 0.545. The van der Waals surface area contributed by atoms with E-state index in [0.717, 1.165) is 19.3 Å². The van der Waals surface area contributed by atoms with Crippen molar-refractivity contribution in [1.82, 2.24) is 0 Å². The Kier molecular flexibility index (Phi) is 3.41. The van der Waals surface area contributed by atoms with E-state index in [2.05, 4.69) is 13.8 Å². The van der Waals surface area contributed by atoms with Gasteiger partial charge in [0, 0.05) is 25.2 Å². The maximum absolute atomic E-state index is 11.9. The lowest BCUT2D eigenvalue weighted by molar-refractivity contribution is -0.192. The number of ether oxygens (including phenoxy) is 3. The van der Waals surface area contributed by atoms with Gasteiger partial charge in [-0.1, -0.05) is 12.5 Å². The van der Waals surface area contributed by atoms with Gasteiger partial charge in [0.1, 0.15) is 6.10 Å². The number of carbonyl (C=O) groups is 2. The van der Waals surface area contributed by atoms with Crippen molar-refractivity contribution < 1.29 is 23.8 Å². The number of hydrogen-bond acceptors (Lipinski definition) is 5. The largest absolute Gasteiger partial charge is 0.458 e. The molecule has 132 valence electrons. The van der Waals surface area contributed by atoms with Crippen LogP contribution in [0.15, 0.2) is 11.1 Å². The summed E-state index contributed by atoms with van der Waals surface area (Å²) >= 11 is 0. The third-order valence-electron chi connectivity index (χ3n) is 6.64. The molecule has 2 aliphatic heterocycles. The van der Waals surface area contributed by atoms with E-state index in [-0.39, 0.29) is 29.4 Å². The highest BCUT2D eigenvalue weighted by atomic mass is 16.7. The van der Waals surface area contributed by atoms with E-state index in [4.69, 9.17) is 14.2 Å². The zero-order chi connectivity index (χ0) is 17.3. The second kappa shape index (κ2) is 5.07. The standard InChI is InChI=1S/C19H26O5/c1-10(2)16-14-5-13(6-15(16)23-12(4)20)18(14)8-19(22-9-18)7-11(3)17(21)24-19/h11,13-15H,5-9H2,1-4H3/t11-,13+,14-,15-,18-,19+/m0/s1. The first-order valence-electron chi connectivity index (χ1n) is 8.98. The Morgan fingerprint density at radius 3 is 2.58 bits per heavy atom. The van der Waals surface area contributed by atoms with Crippen molar-refractivity contribution in [2.24, 2.45) is 23.2 Å². The first kappa shape index (κ1) is 16.1. The summed E-state index contributed by atoms with van der Waals surface area (Å²) in [4.78, 5) is 23.3. The number of hydrogen-bond donors (Lipinski definition) is 0. The molecule has 2 bridgehead atoms. The summed E-state index contributed by atoms with van der Waals surface area (Å²) in [6.45, 7) is 8.23. The van der Waals surface area contributed by atoms with Crippen LogP contribution in [-0.2, 0) is 23.8 Å². The van der Waals surface area contributed by atoms with E-state index in [0.29, 0.717) is 24.9 Å². The maximum Gasteiger partial charge on any atom is 0.311 e. The van der Waals surface area contributed by atoms with Crippen LogP contribution in [0.4, 0.5) is 0 Å². The second-order valence-corrected chi connectivity index (χ2v) is 8.41. The highest BCUT2D eigenvalue weighted by Gasteiger charge is 2.69. The van der Waals surface area contributed by atoms with Gasteiger partial charge < -0.3 is 14.2 Å². The molecule has 0 amide bonds. The summed E-state index contributed by atoms with van der Waals surface area (Å²) in [5, 5.41) is 0. The summed E-state index contributed by atoms with van der Waals surface area (Å²) < 4.78 is 17.3. The predicted octanol–water partition coefficient (Wildman–Crippen LogP) is 2.98. The molecule has 24 heavy (non-hydrogen) atoms. The lowest BCUT2D eigenvalue weighted by atomic mass is 9.44. The van der Waals surface area contributed by atoms with E-state index in [1.807, 2.05) is 6.92 Å². The molecule has 6 atom stereocenters. The third-order valence-corrected chi connectivity index (χ3v) is 6.64. The van der Waals surface area contributed by atoms with Gasteiger partial charge in [0.25, 0.3) is 0 Å². The van der Waals surface area contributed by atoms with Crippen LogP contribution in [0, 0.1) is 23.2 Å². The van der Waals surface area contributed by atoms with E-state index in [1.54, 1.807) is 0 Å². The van der Waals surface area contributed by atoms with Gasteiger partial charge in [-0.15, -0.1) is 0 Å². The Morgan fingerprint density at radius 1 is 1.25 bits per heavy atom. The summed E-state index contributed by atoms with van der Waals surface area (Å²) in [6, 6.07) is 0. The van der Waals surface area contributed by atoms with Crippen LogP contribution in [0.25, 0.3) is 0 Å². The third kappa shape index (κ3) is 2.10. The molecule has 0 aromatic rings. The number of rotatable bonds is 1. The molecular weight excluding hydrogens is 308 g/mol. The average molecular weight is 334 g/mol. The van der Waals surface area contributed by atoms with Gasteiger partial charge in [0.2, 0.25) is 5.79 Å². The molecule has 0 unspecified atom stereocenters. The number of allylic oxidation sites excluding steroid dienone is 1. The van der Waals surface area contributed by atoms with Crippen LogP contribution in [-0.4, -0.2) is 30.4 Å². The zero-order valence-corrected chi connectivity index (χ0v) is 14.9. The monoisotopic (exact) mass is 334 g/mol. The minimum atomic E-state index is -0.714. The van der Waals surface area contributed by atoms with Crippen LogP contribution in [0.1, 0.15) is 53.4 Å². The summed E-state index contributed by atoms with van der Waals surface area (Å²) in [6.07, 6.45) is 3.34. The Hall–Kier alpha value is -1.36. The van der Waals surface area contributed by atoms with Gasteiger partial charge in [-0.25, -0.2) is 0 Å². The lowest BCUT2D eigenvalue weighted by Gasteiger charge is -2.60. The molecule has 0 N–H and O–H groups in total. The molecule has 0 aromatic heterocycles. The predicted molar refractivity (Wildman–Crippen MR) is 85.7 cm³/mol. The minimum absolute atomic E-state index is 0.0492. The molecule has 5 fully saturated rings. The van der Waals surface area contributed by atoms with E-state index < -0.39 is 5.79 Å². The van der Waals surface area contributed by atoms with Crippen LogP contribution in [0.5, 0.6) is 0 Å². The molecular formula is C19H26O5. The molecule has 0 radical (unpaired) electrons. The van der Waals surface area contributed by atoms with E-state index >= 15 is 0 Å². The molecule has 2 spiro atoms. The number of esters is 2. The van der Waals surface area contributed by atoms with Crippen LogP contribution >= 0.6 is 0 Å². The summed E-state index contributed by atoms with van der Waals surface area (Å²) in [5.41, 5.74) is 2.56. The highest BCUT2D eigenvalue weighted by molar-refractivity contribution is 5.74. The summed E-state index contributed by atoms with van der Waals surface area (Å²) in [5.74, 6) is -0.307. The fourth-order valence-electron chi connectivity index (χ4n) is 5.67. The van der Waals surface area contributed by atoms with Gasteiger partial charge >= 0.3 is 11.9 Å². The zero-order valence-electron chi connectivity index (χ0n) is 14.9. The van der Waals surface area contributed by atoms with Gasteiger partial charge in [0.15, 0.2) is 0 Å². The van der Waals surface area contributed by atoms with Crippen LogP contribution in [0.3, 0.4) is 0 Å². The van der Waals surface area contributed by atoms with Gasteiger partial charge in [-0.2, -0.15) is 0 Å². The Bertz CT molecular complexity index is 634. The van der Waals surface area contributed by atoms with Crippen molar-refractivity contribution in [2.75, 3.05) is 6.61 Å². The average Bonchev–Trinajstić information content (AvgIpc) is 3.00. The molecule has 2 saturated heterocycles. The molecule has 3 aliphatic carbocycles. The molecule has 3 saturated carbocycles. The molecule has 0 aromatic carbocycles. The van der Waals surface area contributed by atoms with Crippen molar-refractivity contribution in [1.29, 1.82) is 0 Å². The Morgan fingerprint density at radius 2 is 2.00 bits per heavy atom. The number of carbonyl (C=O) groups excluding carboxylic acids is 2. The van der Waals surface area contributed by atoms with Crippen molar-refractivity contribution in [3.63, 3.8) is 0 Å². The van der Waals surface area contributed by atoms with Gasteiger partial charge in [0.05, 0.1) is 12.5 Å². The Balaban J connectivity index is 1.60. The first-order chi connectivity index (χ1) is 11.3. The SMILES string of the molecule is CC(=O)O[C@H]1C[C@H]2C[C@@H](C1=C(C)C)[C@@]21CO[C@@]2(C[C@H](C)C(=O)O2)C1. The topological polar surface area (TPSA) is 61.8 Å². The molecule has 5 rings (SSSR count). The number of fused-ring (bicyclic) bond motifs is 2. The molecule has 5 aliphatic rings. The first-order valence-corrected chi connectivity index (χ1v) is 8.98. The minimum Gasteiger partial charge on any atom is -0.458 e. The maximum atomic E-state index is 11.9. The van der Waals surface area contributed by atoms with Crippen molar-refractivity contribution in [2.45, 2.75) is 65.3 Å². The fourth-order valence-corrected chi connectivity index (χ4v) is 5.67. The molecule has 2 heterocycles. The van der Waals surface area contributed by atoms with Crippen molar-refractivity contribution in [3.05, 3.63) is 11.1 Å². The fraction of sp³-hybridized carbons (Fsp3) is 0.789. The van der Waals surface area contributed by atoms with E-state index in [1.165, 1.54) is 18.1 Å². The lowest BCUT2D eigenvalue weighted by Crippen LogP contribution is -2.58. The van der Waals surface area contributed by atoms with Gasteiger partial charge in [-0.3, -0.25) is 9.59 Å². The van der Waals surface area contributed by atoms with Crippen molar-refractivity contribution >= 4 is 11.9 Å². The van der Waals surface area contributed by atoms with Gasteiger partial charge in [-0.05, 0) is 44.1 Å². The molecule has 5 heteroatoms. The highest BCUT2D eigenvalue weighted by Crippen LogP contribution is 2.69. The smallest absolute Gasteiger partial charge is 0.311 e.